The van der Waals surface area contributed by atoms with Gasteiger partial charge < -0.3 is 20.8 Å². The molecule has 0 aliphatic carbocycles. The Morgan fingerprint density at radius 1 is 1.40 bits per heavy atom. The molecule has 110 valence electrons. The highest BCUT2D eigenvalue weighted by Gasteiger charge is 2.27. The van der Waals surface area contributed by atoms with Crippen LogP contribution in [0.1, 0.15) is 26.2 Å². The fraction of sp³-hybridized carbons (Fsp3) is 0.462. The fourth-order valence-corrected chi connectivity index (χ4v) is 1.71. The summed E-state index contributed by atoms with van der Waals surface area (Å²) in [5.74, 6) is -0.375. The van der Waals surface area contributed by atoms with Gasteiger partial charge in [0.25, 0.3) is 5.91 Å². The van der Waals surface area contributed by atoms with Crippen molar-refractivity contribution in [3.05, 3.63) is 24.4 Å². The SMILES string of the molecule is CCCC[C@H](NC(=O)O)[C@@H](O)C(=O)Nc1ccccn1. The topological polar surface area (TPSA) is 112 Å². The number of rotatable bonds is 7. The summed E-state index contributed by atoms with van der Waals surface area (Å²) in [7, 11) is 0. The molecule has 0 unspecified atom stereocenters. The Kier molecular flexibility index (Phi) is 6.45. The third-order valence-electron chi connectivity index (χ3n) is 2.74. The van der Waals surface area contributed by atoms with Crippen molar-refractivity contribution < 1.29 is 19.8 Å². The van der Waals surface area contributed by atoms with Crippen LogP contribution >= 0.6 is 0 Å². The molecule has 0 radical (unpaired) electrons. The van der Waals surface area contributed by atoms with Gasteiger partial charge in [-0.1, -0.05) is 25.8 Å². The monoisotopic (exact) mass is 281 g/mol. The molecular formula is C13H19N3O4. The van der Waals surface area contributed by atoms with E-state index in [0.29, 0.717) is 18.7 Å². The van der Waals surface area contributed by atoms with Crippen LogP contribution in [0.4, 0.5) is 10.6 Å². The average Bonchev–Trinajstić information content (AvgIpc) is 2.43. The van der Waals surface area contributed by atoms with E-state index in [4.69, 9.17) is 5.11 Å². The summed E-state index contributed by atoms with van der Waals surface area (Å²) >= 11 is 0. The van der Waals surface area contributed by atoms with Gasteiger partial charge in [-0.2, -0.15) is 0 Å². The number of amides is 2. The molecule has 0 spiro atoms. The number of nitrogens with zero attached hydrogens (tertiary/aromatic N) is 1. The molecule has 7 nitrogen and oxygen atoms in total. The number of pyridine rings is 1. The Hall–Kier alpha value is -2.15. The molecular weight excluding hydrogens is 262 g/mol. The summed E-state index contributed by atoms with van der Waals surface area (Å²) in [6.45, 7) is 1.94. The summed E-state index contributed by atoms with van der Waals surface area (Å²) in [6.07, 6.45) is 0.715. The van der Waals surface area contributed by atoms with Gasteiger partial charge in [0, 0.05) is 6.20 Å². The molecule has 7 heteroatoms. The summed E-state index contributed by atoms with van der Waals surface area (Å²) in [5, 5.41) is 23.3. The second kappa shape index (κ2) is 8.11. The van der Waals surface area contributed by atoms with Crippen LogP contribution in [0, 0.1) is 0 Å². The maximum absolute atomic E-state index is 11.9. The van der Waals surface area contributed by atoms with Gasteiger partial charge in [-0.3, -0.25) is 4.79 Å². The third-order valence-corrected chi connectivity index (χ3v) is 2.74. The van der Waals surface area contributed by atoms with E-state index in [1.807, 2.05) is 6.92 Å². The first kappa shape index (κ1) is 15.9. The minimum Gasteiger partial charge on any atom is -0.465 e. The van der Waals surface area contributed by atoms with Crippen LogP contribution in [0.3, 0.4) is 0 Å². The Morgan fingerprint density at radius 2 is 2.15 bits per heavy atom. The average molecular weight is 281 g/mol. The number of hydrogen-bond donors (Lipinski definition) is 4. The molecule has 0 saturated heterocycles. The molecule has 2 amide bonds. The molecule has 1 aromatic rings. The quantitative estimate of drug-likeness (QED) is 0.600. The van der Waals surface area contributed by atoms with Crippen LogP contribution in [0.15, 0.2) is 24.4 Å². The van der Waals surface area contributed by atoms with Crippen molar-refractivity contribution in [1.29, 1.82) is 0 Å². The molecule has 20 heavy (non-hydrogen) atoms. The number of anilines is 1. The minimum atomic E-state index is -1.46. The van der Waals surface area contributed by atoms with Gasteiger partial charge in [0.2, 0.25) is 0 Å². The Bertz CT molecular complexity index is 439. The number of carbonyl (C=O) groups is 2. The van der Waals surface area contributed by atoms with Crippen molar-refractivity contribution in [3.63, 3.8) is 0 Å². The number of aliphatic hydroxyl groups is 1. The number of nitrogens with one attached hydrogen (secondary N) is 2. The van der Waals surface area contributed by atoms with Gasteiger partial charge in [-0.15, -0.1) is 0 Å². The van der Waals surface area contributed by atoms with E-state index < -0.39 is 24.1 Å². The second-order valence-corrected chi connectivity index (χ2v) is 4.35. The molecule has 0 saturated carbocycles. The lowest BCUT2D eigenvalue weighted by Gasteiger charge is -2.21. The molecule has 1 aromatic heterocycles. The highest BCUT2D eigenvalue weighted by Crippen LogP contribution is 2.08. The van der Waals surface area contributed by atoms with Crippen molar-refractivity contribution in [2.75, 3.05) is 5.32 Å². The lowest BCUT2D eigenvalue weighted by atomic mass is 10.0. The van der Waals surface area contributed by atoms with Gasteiger partial charge in [0.1, 0.15) is 5.82 Å². The van der Waals surface area contributed by atoms with E-state index in [1.54, 1.807) is 18.2 Å². The van der Waals surface area contributed by atoms with Crippen molar-refractivity contribution in [3.8, 4) is 0 Å². The minimum absolute atomic E-state index is 0.307. The molecule has 0 aliphatic heterocycles. The second-order valence-electron chi connectivity index (χ2n) is 4.35. The van der Waals surface area contributed by atoms with Crippen LogP contribution in [-0.2, 0) is 4.79 Å². The molecule has 2 atom stereocenters. The van der Waals surface area contributed by atoms with Crippen LogP contribution in [-0.4, -0.2) is 39.3 Å². The van der Waals surface area contributed by atoms with Gasteiger partial charge in [-0.25, -0.2) is 9.78 Å². The van der Waals surface area contributed by atoms with E-state index in [2.05, 4.69) is 15.6 Å². The van der Waals surface area contributed by atoms with Crippen LogP contribution in [0.5, 0.6) is 0 Å². The normalized spacial score (nSPS) is 13.3. The number of aromatic nitrogens is 1. The van der Waals surface area contributed by atoms with E-state index in [1.165, 1.54) is 6.20 Å². The van der Waals surface area contributed by atoms with Crippen LogP contribution in [0.25, 0.3) is 0 Å². The van der Waals surface area contributed by atoms with Gasteiger partial charge >= 0.3 is 6.09 Å². The predicted molar refractivity (Wildman–Crippen MR) is 73.3 cm³/mol. The Balaban J connectivity index is 2.64. The first-order valence-electron chi connectivity index (χ1n) is 6.44. The highest BCUT2D eigenvalue weighted by molar-refractivity contribution is 5.93. The molecule has 1 rings (SSSR count). The first-order valence-corrected chi connectivity index (χ1v) is 6.44. The number of hydrogen-bond acceptors (Lipinski definition) is 4. The maximum Gasteiger partial charge on any atom is 0.404 e. The summed E-state index contributed by atoms with van der Waals surface area (Å²) in [6, 6.07) is 4.13. The lowest BCUT2D eigenvalue weighted by molar-refractivity contribution is -0.125. The molecule has 0 fully saturated rings. The van der Waals surface area contributed by atoms with Crippen molar-refractivity contribution >= 4 is 17.8 Å². The van der Waals surface area contributed by atoms with E-state index in [0.717, 1.165) is 6.42 Å². The van der Waals surface area contributed by atoms with Crippen molar-refractivity contribution in [2.24, 2.45) is 0 Å². The van der Waals surface area contributed by atoms with E-state index in [9.17, 15) is 14.7 Å². The number of aliphatic hydroxyl groups excluding tert-OH is 1. The van der Waals surface area contributed by atoms with Crippen molar-refractivity contribution in [1.82, 2.24) is 10.3 Å². The summed E-state index contributed by atoms with van der Waals surface area (Å²) in [5.41, 5.74) is 0. The standard InChI is InChI=1S/C13H19N3O4/c1-2-3-6-9(15-13(19)20)11(17)12(18)16-10-7-4-5-8-14-10/h4-5,7-9,11,15,17H,2-3,6H2,1H3,(H,19,20)(H,14,16,18)/t9-,11+/m0/s1. The van der Waals surface area contributed by atoms with Crippen molar-refractivity contribution in [2.45, 2.75) is 38.3 Å². The molecule has 4 N–H and O–H groups in total. The fourth-order valence-electron chi connectivity index (χ4n) is 1.71. The third kappa shape index (κ3) is 5.23. The number of carbonyl (C=O) groups excluding carboxylic acids is 1. The molecule has 1 heterocycles. The van der Waals surface area contributed by atoms with Gasteiger partial charge in [0.15, 0.2) is 6.10 Å². The first-order chi connectivity index (χ1) is 9.54. The number of carboxylic acid groups (broad SMARTS) is 1. The Labute approximate surface area is 117 Å². The zero-order valence-electron chi connectivity index (χ0n) is 11.2. The number of unbranched alkanes of at least 4 members (excludes halogenated alkanes) is 1. The smallest absolute Gasteiger partial charge is 0.404 e. The van der Waals surface area contributed by atoms with E-state index in [-0.39, 0.29) is 0 Å². The van der Waals surface area contributed by atoms with Crippen LogP contribution in [0.2, 0.25) is 0 Å². The maximum atomic E-state index is 11.9. The van der Waals surface area contributed by atoms with Gasteiger partial charge in [-0.05, 0) is 18.6 Å². The largest absolute Gasteiger partial charge is 0.465 e. The van der Waals surface area contributed by atoms with Crippen LogP contribution < -0.4 is 10.6 Å². The summed E-state index contributed by atoms with van der Waals surface area (Å²) in [4.78, 5) is 26.5. The molecule has 0 aliphatic rings. The van der Waals surface area contributed by atoms with Gasteiger partial charge in [0.05, 0.1) is 6.04 Å². The zero-order chi connectivity index (χ0) is 15.0. The Morgan fingerprint density at radius 3 is 2.70 bits per heavy atom. The molecule has 0 bridgehead atoms. The highest BCUT2D eigenvalue weighted by atomic mass is 16.4. The molecule has 0 aromatic carbocycles. The lowest BCUT2D eigenvalue weighted by Crippen LogP contribution is -2.48. The van der Waals surface area contributed by atoms with E-state index >= 15 is 0 Å². The predicted octanol–water partition coefficient (Wildman–Crippen LogP) is 1.21. The zero-order valence-corrected chi connectivity index (χ0v) is 11.2. The summed E-state index contributed by atoms with van der Waals surface area (Å²) < 4.78 is 0.